The van der Waals surface area contributed by atoms with Crippen LogP contribution in [0.15, 0.2) is 0 Å². The van der Waals surface area contributed by atoms with Crippen molar-refractivity contribution in [1.82, 2.24) is 0 Å². The molecule has 264 valence electrons. The fourth-order valence-corrected chi connectivity index (χ4v) is 9.03. The van der Waals surface area contributed by atoms with E-state index >= 15 is 0 Å². The summed E-state index contributed by atoms with van der Waals surface area (Å²) < 4.78 is 0. The maximum atomic E-state index is 2.46. The topological polar surface area (TPSA) is 0 Å². The Labute approximate surface area is 281 Å². The van der Waals surface area contributed by atoms with Crippen LogP contribution in [-0.4, -0.2) is 0 Å². The van der Waals surface area contributed by atoms with E-state index in [-0.39, 0.29) is 0 Å². The molecule has 0 heterocycles. The van der Waals surface area contributed by atoms with Gasteiger partial charge in [0.05, 0.1) is 0 Å². The summed E-state index contributed by atoms with van der Waals surface area (Å²) in [5, 5.41) is 0. The zero-order valence-electron chi connectivity index (χ0n) is 34.0. The molecule has 0 aromatic rings. The predicted octanol–water partition coefficient (Wildman–Crippen LogP) is 15.6. The summed E-state index contributed by atoms with van der Waals surface area (Å²) in [6.07, 6.45) is 24.8. The number of hydrogen-bond acceptors (Lipinski definition) is 0. The molecule has 4 atom stereocenters. The molecule has 4 fully saturated rings. The molecule has 4 aliphatic carbocycles. The summed E-state index contributed by atoms with van der Waals surface area (Å²) in [4.78, 5) is 0. The largest absolute Gasteiger partial charge is 0.0625 e. The Hall–Kier alpha value is 0. The van der Waals surface area contributed by atoms with Crippen molar-refractivity contribution in [3.63, 3.8) is 0 Å². The minimum Gasteiger partial charge on any atom is -0.0625 e. The molecule has 0 bridgehead atoms. The van der Waals surface area contributed by atoms with Gasteiger partial charge in [0.15, 0.2) is 0 Å². The highest BCUT2D eigenvalue weighted by molar-refractivity contribution is 4.88. The van der Waals surface area contributed by atoms with Gasteiger partial charge in [0.25, 0.3) is 0 Å². The van der Waals surface area contributed by atoms with Crippen molar-refractivity contribution >= 4 is 0 Å². The van der Waals surface area contributed by atoms with Crippen LogP contribution in [0.2, 0.25) is 0 Å². The molecule has 0 nitrogen and oxygen atoms in total. The quantitative estimate of drug-likeness (QED) is 0.254. The van der Waals surface area contributed by atoms with Crippen molar-refractivity contribution < 1.29 is 0 Å². The van der Waals surface area contributed by atoms with Crippen molar-refractivity contribution in [2.75, 3.05) is 0 Å². The van der Waals surface area contributed by atoms with E-state index in [1.165, 1.54) is 109 Å². The Kier molecular flexibility index (Phi) is 17.1. The molecular formula is C44H88. The molecule has 0 heteroatoms. The first-order chi connectivity index (χ1) is 20.0. The van der Waals surface area contributed by atoms with Crippen LogP contribution >= 0.6 is 0 Å². The van der Waals surface area contributed by atoms with Gasteiger partial charge in [0, 0.05) is 0 Å². The van der Waals surface area contributed by atoms with E-state index in [9.17, 15) is 0 Å². The standard InChI is InChI=1S/4C11H22/c1-9-5-7-10(8-6-9)11(2,3)4;1-9-6-5-7-10(8-9)11(2,3)4;1-10(2,3)11(4)8-6-5-7-9-11;1-9-7-5-6-8-10(9)11(2,3)4/h2*9-10H,5-8H2,1-4H3;5-9H2,1-4H3;9-10H,5-8H2,1-4H3. The molecule has 0 amide bonds. The van der Waals surface area contributed by atoms with Crippen molar-refractivity contribution in [3.8, 4) is 0 Å². The molecule has 0 saturated heterocycles. The summed E-state index contributed by atoms with van der Waals surface area (Å²) in [5.41, 5.74) is 2.77. The lowest BCUT2D eigenvalue weighted by Gasteiger charge is -2.45. The second kappa shape index (κ2) is 18.0. The highest BCUT2D eigenvalue weighted by Crippen LogP contribution is 2.49. The smallest absolute Gasteiger partial charge is 0.0277 e. The van der Waals surface area contributed by atoms with Crippen LogP contribution in [0.1, 0.15) is 220 Å². The van der Waals surface area contributed by atoms with E-state index in [0.29, 0.717) is 27.1 Å². The minimum atomic E-state index is 0.507. The molecule has 0 aromatic carbocycles. The first-order valence-corrected chi connectivity index (χ1v) is 20.0. The number of hydrogen-bond donors (Lipinski definition) is 0. The summed E-state index contributed by atoms with van der Waals surface area (Å²) in [6, 6.07) is 0. The van der Waals surface area contributed by atoms with Gasteiger partial charge in [-0.05, 0) is 108 Å². The first kappa shape index (κ1) is 42.0. The van der Waals surface area contributed by atoms with Gasteiger partial charge in [-0.2, -0.15) is 0 Å². The zero-order chi connectivity index (χ0) is 34.0. The van der Waals surface area contributed by atoms with Gasteiger partial charge in [-0.25, -0.2) is 0 Å². The lowest BCUT2D eigenvalue weighted by Crippen LogP contribution is -2.34. The van der Waals surface area contributed by atoms with Gasteiger partial charge in [-0.3, -0.25) is 0 Å². The summed E-state index contributed by atoms with van der Waals surface area (Å²) in [5.74, 6) is 5.87. The maximum Gasteiger partial charge on any atom is -0.0277 e. The van der Waals surface area contributed by atoms with Crippen LogP contribution in [-0.2, 0) is 0 Å². The van der Waals surface area contributed by atoms with Crippen LogP contribution in [0.3, 0.4) is 0 Å². The van der Waals surface area contributed by atoms with Crippen molar-refractivity contribution in [2.45, 2.75) is 220 Å². The summed E-state index contributed by atoms with van der Waals surface area (Å²) in [7, 11) is 0. The molecule has 4 unspecified atom stereocenters. The minimum absolute atomic E-state index is 0.507. The third kappa shape index (κ3) is 15.3. The summed E-state index contributed by atoms with van der Waals surface area (Å²) in [6.45, 7) is 38.3. The third-order valence-corrected chi connectivity index (χ3v) is 13.4. The average molecular weight is 617 g/mol. The Bertz CT molecular complexity index is 729. The SMILES string of the molecule is CC(C)(C)C1(C)CCCCC1.CC1CCC(C(C)(C)C)CC1.CC1CCCC(C(C)(C)C)C1.CC1CCCCC1C(C)(C)C. The molecule has 0 spiro atoms. The van der Waals surface area contributed by atoms with E-state index in [4.69, 9.17) is 0 Å². The molecule has 0 radical (unpaired) electrons. The van der Waals surface area contributed by atoms with E-state index < -0.39 is 0 Å². The van der Waals surface area contributed by atoms with E-state index in [0.717, 1.165) is 35.5 Å². The van der Waals surface area contributed by atoms with Gasteiger partial charge < -0.3 is 0 Å². The second-order valence-electron chi connectivity index (χ2n) is 21.3. The highest BCUT2D eigenvalue weighted by Gasteiger charge is 2.38. The average Bonchev–Trinajstić information content (AvgIpc) is 2.89. The van der Waals surface area contributed by atoms with Crippen LogP contribution < -0.4 is 0 Å². The first-order valence-electron chi connectivity index (χ1n) is 20.0. The molecule has 0 aromatic heterocycles. The fraction of sp³-hybridized carbons (Fsp3) is 1.00. The molecule has 4 aliphatic rings. The molecular weight excluding hydrogens is 528 g/mol. The van der Waals surface area contributed by atoms with Gasteiger partial charge in [0.1, 0.15) is 0 Å². The maximum absolute atomic E-state index is 2.46. The number of rotatable bonds is 0. The van der Waals surface area contributed by atoms with Gasteiger partial charge in [-0.15, -0.1) is 0 Å². The molecule has 0 aliphatic heterocycles. The molecule has 44 heavy (non-hydrogen) atoms. The normalized spacial score (nSPS) is 31.6. The lowest BCUT2D eigenvalue weighted by molar-refractivity contribution is 0.0601. The predicted molar refractivity (Wildman–Crippen MR) is 202 cm³/mol. The Morgan fingerprint density at radius 3 is 1.27 bits per heavy atom. The van der Waals surface area contributed by atoms with Gasteiger partial charge in [0.2, 0.25) is 0 Å². The van der Waals surface area contributed by atoms with Gasteiger partial charge >= 0.3 is 0 Å². The van der Waals surface area contributed by atoms with Crippen molar-refractivity contribution in [3.05, 3.63) is 0 Å². The van der Waals surface area contributed by atoms with Gasteiger partial charge in [-0.1, -0.05) is 175 Å². The Morgan fingerprint density at radius 2 is 0.932 bits per heavy atom. The molecule has 4 saturated carbocycles. The Balaban J connectivity index is 0.000000293. The van der Waals surface area contributed by atoms with Crippen LogP contribution in [0.5, 0.6) is 0 Å². The molecule has 4 rings (SSSR count). The van der Waals surface area contributed by atoms with E-state index in [1.807, 2.05) is 0 Å². The van der Waals surface area contributed by atoms with Crippen LogP contribution in [0.4, 0.5) is 0 Å². The monoisotopic (exact) mass is 617 g/mol. The van der Waals surface area contributed by atoms with Crippen LogP contribution in [0, 0.1) is 62.6 Å². The van der Waals surface area contributed by atoms with Crippen molar-refractivity contribution in [2.24, 2.45) is 62.6 Å². The molecule has 0 N–H and O–H groups in total. The Morgan fingerprint density at radius 1 is 0.432 bits per heavy atom. The van der Waals surface area contributed by atoms with Crippen LogP contribution in [0.25, 0.3) is 0 Å². The van der Waals surface area contributed by atoms with E-state index in [2.05, 4.69) is 111 Å². The van der Waals surface area contributed by atoms with Crippen molar-refractivity contribution in [1.29, 1.82) is 0 Å². The summed E-state index contributed by atoms with van der Waals surface area (Å²) >= 11 is 0. The van der Waals surface area contributed by atoms with E-state index in [1.54, 1.807) is 0 Å². The third-order valence-electron chi connectivity index (χ3n) is 13.4. The zero-order valence-corrected chi connectivity index (χ0v) is 34.0. The second-order valence-corrected chi connectivity index (χ2v) is 21.3. The fourth-order valence-electron chi connectivity index (χ4n) is 9.03. The lowest BCUT2D eigenvalue weighted by atomic mass is 9.61. The highest BCUT2D eigenvalue weighted by atomic mass is 14.4.